The normalized spacial score (nSPS) is 14.1. The molecule has 0 saturated carbocycles. The Balaban J connectivity index is 1.79. The molecule has 2 aromatic carbocycles. The Kier molecular flexibility index (Phi) is 5.74. The molecule has 2 aromatic rings. The number of hydrogen-bond acceptors (Lipinski definition) is 5. The summed E-state index contributed by atoms with van der Waals surface area (Å²) in [6.07, 6.45) is 0.856. The largest absolute Gasteiger partial charge is 0.493 e. The van der Waals surface area contributed by atoms with Gasteiger partial charge in [0, 0.05) is 12.0 Å². The molecule has 144 valence electrons. The van der Waals surface area contributed by atoms with Crippen LogP contribution in [-0.4, -0.2) is 33.3 Å². The van der Waals surface area contributed by atoms with Gasteiger partial charge in [-0.15, -0.1) is 0 Å². The maximum Gasteiger partial charge on any atom is 0.252 e. The third-order valence-corrected chi connectivity index (χ3v) is 4.59. The molecule has 1 unspecified atom stereocenters. The molecule has 0 aliphatic carbocycles. The molecule has 1 amide bonds. The second-order valence-electron chi connectivity index (χ2n) is 6.47. The first-order chi connectivity index (χ1) is 13.0. The Morgan fingerprint density at radius 1 is 1.04 bits per heavy atom. The molecular weight excluding hydrogens is 346 g/mol. The van der Waals surface area contributed by atoms with Gasteiger partial charge in [0.25, 0.3) is 5.91 Å². The molecule has 0 spiro atoms. The van der Waals surface area contributed by atoms with Crippen LogP contribution in [0.5, 0.6) is 23.0 Å². The van der Waals surface area contributed by atoms with Gasteiger partial charge < -0.3 is 24.3 Å². The van der Waals surface area contributed by atoms with Crippen LogP contribution in [0, 0.1) is 6.92 Å². The van der Waals surface area contributed by atoms with Crippen molar-refractivity contribution in [3.05, 3.63) is 47.0 Å². The number of rotatable bonds is 5. The zero-order valence-electron chi connectivity index (χ0n) is 16.1. The molecule has 0 radical (unpaired) electrons. The van der Waals surface area contributed by atoms with Crippen LogP contribution in [0.15, 0.2) is 30.3 Å². The van der Waals surface area contributed by atoms with Gasteiger partial charge in [-0.25, -0.2) is 0 Å². The van der Waals surface area contributed by atoms with Crippen molar-refractivity contribution in [2.24, 2.45) is 0 Å². The monoisotopic (exact) mass is 371 g/mol. The summed E-state index contributed by atoms with van der Waals surface area (Å²) in [6, 6.07) is 9.06. The Morgan fingerprint density at radius 2 is 1.70 bits per heavy atom. The standard InChI is InChI=1S/C21H25NO5/c1-13-10-18(24-3)19(25-4)12-16(13)21(23)22-14(2)15-6-7-17-20(11-15)27-9-5-8-26-17/h6-7,10-12,14H,5,8-9H2,1-4H3,(H,22,23). The number of carbonyl (C=O) groups excluding carboxylic acids is 1. The van der Waals surface area contributed by atoms with Crippen LogP contribution in [0.1, 0.15) is 40.9 Å². The molecule has 1 N–H and O–H groups in total. The van der Waals surface area contributed by atoms with Gasteiger partial charge in [0.1, 0.15) is 0 Å². The summed E-state index contributed by atoms with van der Waals surface area (Å²) in [5.74, 6) is 2.41. The molecule has 1 aliphatic rings. The van der Waals surface area contributed by atoms with Crippen molar-refractivity contribution in [2.75, 3.05) is 27.4 Å². The van der Waals surface area contributed by atoms with Gasteiger partial charge in [-0.3, -0.25) is 4.79 Å². The fraction of sp³-hybridized carbons (Fsp3) is 0.381. The number of nitrogens with one attached hydrogen (secondary N) is 1. The highest BCUT2D eigenvalue weighted by Crippen LogP contribution is 2.33. The van der Waals surface area contributed by atoms with Gasteiger partial charge in [0.2, 0.25) is 0 Å². The molecule has 0 bridgehead atoms. The summed E-state index contributed by atoms with van der Waals surface area (Å²) in [6.45, 7) is 5.08. The zero-order valence-corrected chi connectivity index (χ0v) is 16.1. The van der Waals surface area contributed by atoms with Crippen LogP contribution in [0.3, 0.4) is 0 Å². The van der Waals surface area contributed by atoms with E-state index in [4.69, 9.17) is 18.9 Å². The third-order valence-electron chi connectivity index (χ3n) is 4.59. The minimum Gasteiger partial charge on any atom is -0.493 e. The molecule has 27 heavy (non-hydrogen) atoms. The number of amides is 1. The lowest BCUT2D eigenvalue weighted by molar-refractivity contribution is 0.0938. The maximum atomic E-state index is 12.8. The van der Waals surface area contributed by atoms with Crippen LogP contribution >= 0.6 is 0 Å². The van der Waals surface area contributed by atoms with E-state index in [9.17, 15) is 4.79 Å². The van der Waals surface area contributed by atoms with E-state index in [1.807, 2.05) is 32.0 Å². The topological polar surface area (TPSA) is 66.0 Å². The predicted molar refractivity (Wildman–Crippen MR) is 102 cm³/mol. The first-order valence-corrected chi connectivity index (χ1v) is 8.96. The predicted octanol–water partition coefficient (Wildman–Crippen LogP) is 3.66. The van der Waals surface area contributed by atoms with Gasteiger partial charge in [0.15, 0.2) is 23.0 Å². The van der Waals surface area contributed by atoms with Crippen molar-refractivity contribution in [2.45, 2.75) is 26.3 Å². The molecule has 0 saturated heterocycles. The Bertz CT molecular complexity index is 834. The highest BCUT2D eigenvalue weighted by Gasteiger charge is 2.19. The summed E-state index contributed by atoms with van der Waals surface area (Å²) in [4.78, 5) is 12.8. The number of hydrogen-bond donors (Lipinski definition) is 1. The lowest BCUT2D eigenvalue weighted by atomic mass is 10.0. The van der Waals surface area contributed by atoms with Crippen molar-refractivity contribution in [3.63, 3.8) is 0 Å². The summed E-state index contributed by atoms with van der Waals surface area (Å²) in [7, 11) is 3.12. The summed E-state index contributed by atoms with van der Waals surface area (Å²) < 4.78 is 22.0. The SMILES string of the molecule is COc1cc(C)c(C(=O)NC(C)c2ccc3c(c2)OCCCO3)cc1OC. The first kappa shape index (κ1) is 18.9. The Labute approximate surface area is 159 Å². The van der Waals surface area contributed by atoms with Crippen LogP contribution in [0.2, 0.25) is 0 Å². The quantitative estimate of drug-likeness (QED) is 0.869. The number of fused-ring (bicyclic) bond motifs is 1. The van der Waals surface area contributed by atoms with E-state index in [2.05, 4.69) is 5.32 Å². The van der Waals surface area contributed by atoms with Crippen molar-refractivity contribution < 1.29 is 23.7 Å². The fourth-order valence-electron chi connectivity index (χ4n) is 3.03. The number of carbonyl (C=O) groups is 1. The van der Waals surface area contributed by atoms with Crippen molar-refractivity contribution in [3.8, 4) is 23.0 Å². The van der Waals surface area contributed by atoms with Crippen LogP contribution in [0.25, 0.3) is 0 Å². The van der Waals surface area contributed by atoms with Gasteiger partial charge >= 0.3 is 0 Å². The van der Waals surface area contributed by atoms with Crippen molar-refractivity contribution >= 4 is 5.91 Å². The van der Waals surface area contributed by atoms with E-state index in [0.717, 1.165) is 23.3 Å². The molecular formula is C21H25NO5. The zero-order chi connectivity index (χ0) is 19.4. The summed E-state index contributed by atoms with van der Waals surface area (Å²) >= 11 is 0. The molecule has 0 fully saturated rings. The molecule has 1 aliphatic heterocycles. The van der Waals surface area contributed by atoms with E-state index in [1.54, 1.807) is 26.4 Å². The molecule has 6 nitrogen and oxygen atoms in total. The van der Waals surface area contributed by atoms with E-state index in [1.165, 1.54) is 0 Å². The fourth-order valence-corrected chi connectivity index (χ4v) is 3.03. The number of aryl methyl sites for hydroxylation is 1. The van der Waals surface area contributed by atoms with Gasteiger partial charge in [-0.05, 0) is 49.2 Å². The highest BCUT2D eigenvalue weighted by molar-refractivity contribution is 5.96. The lowest BCUT2D eigenvalue weighted by Crippen LogP contribution is -2.27. The minimum atomic E-state index is -0.192. The number of methoxy groups -OCH3 is 2. The first-order valence-electron chi connectivity index (χ1n) is 8.96. The summed E-state index contributed by atoms with van der Waals surface area (Å²) in [5, 5.41) is 3.03. The van der Waals surface area contributed by atoms with Gasteiger partial charge in [-0.1, -0.05) is 6.07 Å². The van der Waals surface area contributed by atoms with Crippen molar-refractivity contribution in [1.82, 2.24) is 5.32 Å². The van der Waals surface area contributed by atoms with Crippen LogP contribution in [0.4, 0.5) is 0 Å². The Hall–Kier alpha value is -2.89. The average Bonchev–Trinajstić information content (AvgIpc) is 2.92. The maximum absolute atomic E-state index is 12.8. The van der Waals surface area contributed by atoms with E-state index < -0.39 is 0 Å². The number of benzene rings is 2. The second kappa shape index (κ2) is 8.20. The molecule has 6 heteroatoms. The van der Waals surface area contributed by atoms with Gasteiger partial charge in [0.05, 0.1) is 33.5 Å². The highest BCUT2D eigenvalue weighted by atomic mass is 16.5. The smallest absolute Gasteiger partial charge is 0.252 e. The summed E-state index contributed by atoms with van der Waals surface area (Å²) in [5.41, 5.74) is 2.32. The van der Waals surface area contributed by atoms with Crippen LogP contribution in [-0.2, 0) is 0 Å². The van der Waals surface area contributed by atoms with Crippen LogP contribution < -0.4 is 24.3 Å². The molecule has 0 aromatic heterocycles. The second-order valence-corrected chi connectivity index (χ2v) is 6.47. The molecule has 1 heterocycles. The number of ether oxygens (including phenoxy) is 4. The lowest BCUT2D eigenvalue weighted by Gasteiger charge is -2.18. The molecule has 1 atom stereocenters. The molecule has 3 rings (SSSR count). The average molecular weight is 371 g/mol. The van der Waals surface area contributed by atoms with E-state index in [0.29, 0.717) is 36.0 Å². The van der Waals surface area contributed by atoms with Gasteiger partial charge in [-0.2, -0.15) is 0 Å². The Morgan fingerprint density at radius 3 is 2.41 bits per heavy atom. The van der Waals surface area contributed by atoms with Crippen molar-refractivity contribution in [1.29, 1.82) is 0 Å². The minimum absolute atomic E-state index is 0.173. The van der Waals surface area contributed by atoms with E-state index in [-0.39, 0.29) is 11.9 Å². The van der Waals surface area contributed by atoms with E-state index >= 15 is 0 Å². The third kappa shape index (κ3) is 4.10.